The van der Waals surface area contributed by atoms with Crippen LogP contribution in [-0.4, -0.2) is 38.0 Å². The number of hydrogen-bond donors (Lipinski definition) is 0. The Morgan fingerprint density at radius 1 is 1.07 bits per heavy atom. The van der Waals surface area contributed by atoms with E-state index in [0.29, 0.717) is 43.3 Å². The molecule has 1 aliphatic heterocycles. The van der Waals surface area contributed by atoms with Gasteiger partial charge in [-0.1, -0.05) is 17.3 Å². The van der Waals surface area contributed by atoms with E-state index < -0.39 is 15.3 Å². The summed E-state index contributed by atoms with van der Waals surface area (Å²) in [6, 6.07) is 12.7. The Morgan fingerprint density at radius 3 is 2.43 bits per heavy atom. The Labute approximate surface area is 162 Å². The predicted molar refractivity (Wildman–Crippen MR) is 100 cm³/mol. The standard InChI is InChI=1S/C20H19FN2O4S/c1-28(24,25)17-7-5-14(6-8-17)18-22-19(27-23-18)20(9-11-26-12-10-20)15-3-2-4-16(21)13-15/h2-8,13H,9-12H2,1H3. The van der Waals surface area contributed by atoms with E-state index in [1.807, 2.05) is 6.07 Å². The second-order valence-corrected chi connectivity index (χ2v) is 8.94. The average molecular weight is 402 g/mol. The van der Waals surface area contributed by atoms with Crippen molar-refractivity contribution in [2.75, 3.05) is 19.5 Å². The second-order valence-electron chi connectivity index (χ2n) is 6.92. The SMILES string of the molecule is CS(=O)(=O)c1ccc(-c2noc(C3(c4cccc(F)c4)CCOCC3)n2)cc1. The first-order chi connectivity index (χ1) is 13.4. The lowest BCUT2D eigenvalue weighted by molar-refractivity contribution is 0.0522. The van der Waals surface area contributed by atoms with Crippen LogP contribution in [0.3, 0.4) is 0 Å². The first-order valence-corrected chi connectivity index (χ1v) is 10.8. The van der Waals surface area contributed by atoms with E-state index in [1.54, 1.807) is 18.2 Å². The number of sulfone groups is 1. The van der Waals surface area contributed by atoms with Gasteiger partial charge in [-0.15, -0.1) is 0 Å². The van der Waals surface area contributed by atoms with Crippen LogP contribution in [0.15, 0.2) is 57.9 Å². The summed E-state index contributed by atoms with van der Waals surface area (Å²) in [4.78, 5) is 4.79. The summed E-state index contributed by atoms with van der Waals surface area (Å²) in [6.07, 6.45) is 2.36. The van der Waals surface area contributed by atoms with Crippen LogP contribution in [0.5, 0.6) is 0 Å². The van der Waals surface area contributed by atoms with E-state index in [9.17, 15) is 12.8 Å². The fourth-order valence-electron chi connectivity index (χ4n) is 3.52. The summed E-state index contributed by atoms with van der Waals surface area (Å²) in [5.41, 5.74) is 0.806. The summed E-state index contributed by atoms with van der Waals surface area (Å²) < 4.78 is 48.2. The molecule has 2 heterocycles. The number of aromatic nitrogens is 2. The smallest absolute Gasteiger partial charge is 0.237 e. The van der Waals surface area contributed by atoms with Gasteiger partial charge in [-0.2, -0.15) is 4.98 Å². The zero-order valence-electron chi connectivity index (χ0n) is 15.3. The maximum Gasteiger partial charge on any atom is 0.237 e. The number of benzene rings is 2. The third-order valence-corrected chi connectivity index (χ3v) is 6.23. The Balaban J connectivity index is 1.73. The van der Waals surface area contributed by atoms with Crippen LogP contribution in [0.4, 0.5) is 4.39 Å². The molecule has 0 radical (unpaired) electrons. The molecule has 0 bridgehead atoms. The average Bonchev–Trinajstić information content (AvgIpc) is 3.19. The molecule has 4 rings (SSSR count). The van der Waals surface area contributed by atoms with Gasteiger partial charge in [0.2, 0.25) is 11.7 Å². The van der Waals surface area contributed by atoms with Crippen molar-refractivity contribution < 1.29 is 22.1 Å². The molecule has 0 unspecified atom stereocenters. The summed E-state index contributed by atoms with van der Waals surface area (Å²) in [5.74, 6) is 0.445. The summed E-state index contributed by atoms with van der Waals surface area (Å²) in [7, 11) is -3.28. The van der Waals surface area contributed by atoms with Crippen molar-refractivity contribution in [1.82, 2.24) is 10.1 Å². The van der Waals surface area contributed by atoms with E-state index in [2.05, 4.69) is 10.1 Å². The molecule has 146 valence electrons. The number of ether oxygens (including phenoxy) is 1. The van der Waals surface area contributed by atoms with Gasteiger partial charge in [0.1, 0.15) is 5.82 Å². The molecule has 0 saturated carbocycles. The number of hydrogen-bond acceptors (Lipinski definition) is 6. The molecular weight excluding hydrogens is 383 g/mol. The molecule has 1 aliphatic rings. The van der Waals surface area contributed by atoms with Crippen molar-refractivity contribution in [3.05, 3.63) is 65.8 Å². The van der Waals surface area contributed by atoms with Crippen molar-refractivity contribution >= 4 is 9.84 Å². The minimum atomic E-state index is -3.28. The van der Waals surface area contributed by atoms with Crippen LogP contribution in [0.2, 0.25) is 0 Å². The molecule has 3 aromatic rings. The first-order valence-electron chi connectivity index (χ1n) is 8.87. The molecule has 0 aliphatic carbocycles. The van der Waals surface area contributed by atoms with Crippen LogP contribution in [0, 0.1) is 5.82 Å². The van der Waals surface area contributed by atoms with Crippen LogP contribution in [-0.2, 0) is 20.0 Å². The molecule has 0 N–H and O–H groups in total. The van der Waals surface area contributed by atoms with Crippen molar-refractivity contribution in [2.24, 2.45) is 0 Å². The third-order valence-electron chi connectivity index (χ3n) is 5.10. The monoisotopic (exact) mass is 402 g/mol. The van der Waals surface area contributed by atoms with Crippen molar-refractivity contribution in [3.63, 3.8) is 0 Å². The van der Waals surface area contributed by atoms with Gasteiger partial charge >= 0.3 is 0 Å². The Morgan fingerprint density at radius 2 is 1.79 bits per heavy atom. The fourth-order valence-corrected chi connectivity index (χ4v) is 4.15. The van der Waals surface area contributed by atoms with Crippen LogP contribution >= 0.6 is 0 Å². The van der Waals surface area contributed by atoms with Gasteiger partial charge in [0.25, 0.3) is 0 Å². The lowest BCUT2D eigenvalue weighted by atomic mass is 9.74. The zero-order valence-corrected chi connectivity index (χ0v) is 16.1. The van der Waals surface area contributed by atoms with Crippen LogP contribution in [0.1, 0.15) is 24.3 Å². The van der Waals surface area contributed by atoms with Gasteiger partial charge in [0.05, 0.1) is 10.3 Å². The van der Waals surface area contributed by atoms with Gasteiger partial charge in [0.15, 0.2) is 9.84 Å². The van der Waals surface area contributed by atoms with Crippen LogP contribution < -0.4 is 0 Å². The van der Waals surface area contributed by atoms with E-state index in [0.717, 1.165) is 11.8 Å². The second kappa shape index (κ2) is 7.10. The fraction of sp³-hybridized carbons (Fsp3) is 0.300. The number of halogens is 1. The molecule has 8 heteroatoms. The summed E-state index contributed by atoms with van der Waals surface area (Å²) >= 11 is 0. The van der Waals surface area contributed by atoms with E-state index in [1.165, 1.54) is 24.3 Å². The van der Waals surface area contributed by atoms with Crippen molar-refractivity contribution in [2.45, 2.75) is 23.2 Å². The molecular formula is C20H19FN2O4S. The lowest BCUT2D eigenvalue weighted by Gasteiger charge is -2.34. The molecule has 2 aromatic carbocycles. The molecule has 1 fully saturated rings. The van der Waals surface area contributed by atoms with E-state index >= 15 is 0 Å². The number of nitrogens with zero attached hydrogens (tertiary/aromatic N) is 2. The Hall–Kier alpha value is -2.58. The summed E-state index contributed by atoms with van der Waals surface area (Å²) in [5, 5.41) is 4.08. The first kappa shape index (κ1) is 18.8. The molecule has 0 spiro atoms. The lowest BCUT2D eigenvalue weighted by Crippen LogP contribution is -2.35. The highest BCUT2D eigenvalue weighted by Crippen LogP contribution is 2.41. The van der Waals surface area contributed by atoms with E-state index in [4.69, 9.17) is 9.26 Å². The molecule has 0 amide bonds. The largest absolute Gasteiger partial charge is 0.381 e. The van der Waals surface area contributed by atoms with Gasteiger partial charge < -0.3 is 9.26 Å². The molecule has 0 atom stereocenters. The number of rotatable bonds is 4. The molecule has 28 heavy (non-hydrogen) atoms. The quantitative estimate of drug-likeness (QED) is 0.665. The Bertz CT molecular complexity index is 1090. The van der Waals surface area contributed by atoms with Crippen molar-refractivity contribution in [1.29, 1.82) is 0 Å². The van der Waals surface area contributed by atoms with Crippen LogP contribution in [0.25, 0.3) is 11.4 Å². The minimum absolute atomic E-state index is 0.223. The van der Waals surface area contributed by atoms with Gasteiger partial charge in [-0.05, 0) is 54.8 Å². The highest BCUT2D eigenvalue weighted by molar-refractivity contribution is 7.90. The highest BCUT2D eigenvalue weighted by atomic mass is 32.2. The normalized spacial score (nSPS) is 16.8. The van der Waals surface area contributed by atoms with Gasteiger partial charge in [0, 0.05) is 25.0 Å². The maximum absolute atomic E-state index is 13.9. The van der Waals surface area contributed by atoms with Crippen molar-refractivity contribution in [3.8, 4) is 11.4 Å². The van der Waals surface area contributed by atoms with Gasteiger partial charge in [-0.25, -0.2) is 12.8 Å². The van der Waals surface area contributed by atoms with E-state index in [-0.39, 0.29) is 10.7 Å². The zero-order chi connectivity index (χ0) is 19.8. The maximum atomic E-state index is 13.9. The van der Waals surface area contributed by atoms with Gasteiger partial charge in [-0.3, -0.25) is 0 Å². The minimum Gasteiger partial charge on any atom is -0.381 e. The topological polar surface area (TPSA) is 82.3 Å². The summed E-state index contributed by atoms with van der Waals surface area (Å²) in [6.45, 7) is 1.02. The highest BCUT2D eigenvalue weighted by Gasteiger charge is 2.41. The molecule has 6 nitrogen and oxygen atoms in total. The molecule has 1 aromatic heterocycles. The predicted octanol–water partition coefficient (Wildman–Crippen LogP) is 3.38. The third kappa shape index (κ3) is 3.45. The Kier molecular flexibility index (Phi) is 4.76. The molecule has 1 saturated heterocycles.